The maximum atomic E-state index is 13.3. The van der Waals surface area contributed by atoms with Gasteiger partial charge >= 0.3 is 0 Å². The van der Waals surface area contributed by atoms with Gasteiger partial charge in [-0.15, -0.1) is 0 Å². The van der Waals surface area contributed by atoms with E-state index in [4.69, 9.17) is 4.74 Å². The van der Waals surface area contributed by atoms with Crippen LogP contribution in [-0.4, -0.2) is 30.4 Å². The number of rotatable bonds is 6. The highest BCUT2D eigenvalue weighted by molar-refractivity contribution is 9.10. The van der Waals surface area contributed by atoms with Crippen LogP contribution in [0.1, 0.15) is 13.8 Å². The fraction of sp³-hybridized carbons (Fsp3) is 0.500. The number of hydrogen-bond acceptors (Lipinski definition) is 3. The van der Waals surface area contributed by atoms with Crippen molar-refractivity contribution in [2.75, 3.05) is 13.2 Å². The molecule has 0 aliphatic carbocycles. The fourth-order valence-electron chi connectivity index (χ4n) is 1.25. The molecule has 0 aromatic heterocycles. The normalized spacial score (nSPS) is 12.8. The topological polar surface area (TPSA) is 41.5 Å². The molecule has 1 aromatic rings. The molecule has 2 N–H and O–H groups in total. The van der Waals surface area contributed by atoms with Crippen molar-refractivity contribution < 1.29 is 18.6 Å². The molecule has 0 amide bonds. The van der Waals surface area contributed by atoms with Crippen LogP contribution in [0.25, 0.3) is 0 Å². The third kappa shape index (κ3) is 4.88. The Morgan fingerprint density at radius 2 is 2.06 bits per heavy atom. The number of aliphatic hydroxyl groups is 1. The summed E-state index contributed by atoms with van der Waals surface area (Å²) in [6, 6.07) is 2.57. The highest BCUT2D eigenvalue weighted by atomic mass is 79.9. The minimum Gasteiger partial charge on any atom is -0.488 e. The second kappa shape index (κ2) is 7.01. The lowest BCUT2D eigenvalue weighted by Gasteiger charge is -2.15. The fourth-order valence-corrected chi connectivity index (χ4v) is 1.66. The molecule has 0 spiro atoms. The summed E-state index contributed by atoms with van der Waals surface area (Å²) >= 11 is 3.04. The van der Waals surface area contributed by atoms with Gasteiger partial charge in [0, 0.05) is 17.1 Å². The Balaban J connectivity index is 2.53. The van der Waals surface area contributed by atoms with Gasteiger partial charge in [0.05, 0.1) is 0 Å². The molecule has 0 saturated heterocycles. The average molecular weight is 324 g/mol. The highest BCUT2D eigenvalue weighted by Crippen LogP contribution is 2.25. The van der Waals surface area contributed by atoms with Crippen molar-refractivity contribution in [2.45, 2.75) is 26.0 Å². The number of hydrogen-bond donors (Lipinski definition) is 2. The number of ether oxygens (including phenoxy) is 1. The molecule has 1 aromatic carbocycles. The van der Waals surface area contributed by atoms with Gasteiger partial charge in [0.15, 0.2) is 11.6 Å². The molecule has 0 aliphatic heterocycles. The summed E-state index contributed by atoms with van der Waals surface area (Å²) in [5.41, 5.74) is 0. The third-order valence-electron chi connectivity index (χ3n) is 2.15. The second-order valence-electron chi connectivity index (χ2n) is 4.23. The van der Waals surface area contributed by atoms with Crippen molar-refractivity contribution >= 4 is 15.9 Å². The molecule has 1 unspecified atom stereocenters. The van der Waals surface area contributed by atoms with Gasteiger partial charge in [-0.2, -0.15) is 4.39 Å². The van der Waals surface area contributed by atoms with Crippen molar-refractivity contribution in [3.63, 3.8) is 0 Å². The number of aliphatic hydroxyl groups excluding tert-OH is 1. The SMILES string of the molecule is CC(C)NCC(O)COc1cc(Br)cc(F)c1F. The monoisotopic (exact) mass is 323 g/mol. The van der Waals surface area contributed by atoms with E-state index in [1.807, 2.05) is 13.8 Å². The molecule has 0 radical (unpaired) electrons. The van der Waals surface area contributed by atoms with Gasteiger partial charge in [-0.3, -0.25) is 0 Å². The molecule has 0 heterocycles. The Morgan fingerprint density at radius 1 is 1.39 bits per heavy atom. The van der Waals surface area contributed by atoms with Crippen molar-refractivity contribution in [1.82, 2.24) is 5.32 Å². The molecule has 18 heavy (non-hydrogen) atoms. The zero-order valence-electron chi connectivity index (χ0n) is 10.2. The van der Waals surface area contributed by atoms with Crippen molar-refractivity contribution in [2.24, 2.45) is 0 Å². The van der Waals surface area contributed by atoms with Crippen LogP contribution in [0.4, 0.5) is 8.78 Å². The molecule has 6 heteroatoms. The van der Waals surface area contributed by atoms with E-state index >= 15 is 0 Å². The summed E-state index contributed by atoms with van der Waals surface area (Å²) in [5.74, 6) is -2.26. The van der Waals surface area contributed by atoms with Gasteiger partial charge < -0.3 is 15.2 Å². The highest BCUT2D eigenvalue weighted by Gasteiger charge is 2.13. The van der Waals surface area contributed by atoms with E-state index in [-0.39, 0.29) is 18.4 Å². The molecule has 0 aliphatic rings. The Morgan fingerprint density at radius 3 is 2.67 bits per heavy atom. The molecule has 0 saturated carbocycles. The van der Waals surface area contributed by atoms with Crippen LogP contribution in [0.2, 0.25) is 0 Å². The van der Waals surface area contributed by atoms with E-state index in [9.17, 15) is 13.9 Å². The first-order valence-corrected chi connectivity index (χ1v) is 6.38. The predicted octanol–water partition coefficient (Wildman–Crippen LogP) is 2.46. The lowest BCUT2D eigenvalue weighted by Crippen LogP contribution is -2.35. The first kappa shape index (κ1) is 15.3. The zero-order valence-corrected chi connectivity index (χ0v) is 11.8. The van der Waals surface area contributed by atoms with E-state index in [1.165, 1.54) is 6.07 Å². The number of benzene rings is 1. The Hall–Kier alpha value is -0.720. The quantitative estimate of drug-likeness (QED) is 0.790. The maximum Gasteiger partial charge on any atom is 0.200 e. The molecule has 3 nitrogen and oxygen atoms in total. The number of halogens is 3. The third-order valence-corrected chi connectivity index (χ3v) is 2.61. The van der Waals surface area contributed by atoms with Gasteiger partial charge in [0.2, 0.25) is 5.82 Å². The summed E-state index contributed by atoms with van der Waals surface area (Å²) in [6.45, 7) is 4.11. The Labute approximate surface area is 113 Å². The van der Waals surface area contributed by atoms with Gasteiger partial charge in [-0.1, -0.05) is 29.8 Å². The van der Waals surface area contributed by atoms with E-state index < -0.39 is 17.7 Å². The molecule has 1 rings (SSSR count). The maximum absolute atomic E-state index is 13.3. The minimum absolute atomic E-state index is 0.105. The van der Waals surface area contributed by atoms with E-state index in [0.29, 0.717) is 11.0 Å². The van der Waals surface area contributed by atoms with Crippen LogP contribution in [-0.2, 0) is 0 Å². The van der Waals surface area contributed by atoms with Crippen LogP contribution in [0.5, 0.6) is 5.75 Å². The van der Waals surface area contributed by atoms with E-state index in [1.54, 1.807) is 0 Å². The first-order valence-electron chi connectivity index (χ1n) is 5.59. The standard InChI is InChI=1S/C12H16BrF2NO2/c1-7(2)16-5-9(17)6-18-11-4-8(13)3-10(14)12(11)15/h3-4,7,9,16-17H,5-6H2,1-2H3. The van der Waals surface area contributed by atoms with Gasteiger partial charge in [-0.25, -0.2) is 4.39 Å². The minimum atomic E-state index is -1.05. The van der Waals surface area contributed by atoms with Crippen molar-refractivity contribution in [1.29, 1.82) is 0 Å². The summed E-state index contributed by atoms with van der Waals surface area (Å²) in [7, 11) is 0. The summed E-state index contributed by atoms with van der Waals surface area (Å²) in [6.07, 6.45) is -0.783. The first-order chi connectivity index (χ1) is 8.40. The predicted molar refractivity (Wildman–Crippen MR) is 68.7 cm³/mol. The Bertz CT molecular complexity index is 402. The molecule has 0 bridgehead atoms. The molecular weight excluding hydrogens is 308 g/mol. The molecule has 0 fully saturated rings. The van der Waals surface area contributed by atoms with Crippen LogP contribution in [0, 0.1) is 11.6 Å². The number of nitrogens with one attached hydrogen (secondary N) is 1. The Kier molecular flexibility index (Phi) is 5.98. The smallest absolute Gasteiger partial charge is 0.200 e. The van der Waals surface area contributed by atoms with Gasteiger partial charge in [0.1, 0.15) is 12.7 Å². The largest absolute Gasteiger partial charge is 0.488 e. The second-order valence-corrected chi connectivity index (χ2v) is 5.14. The summed E-state index contributed by atoms with van der Waals surface area (Å²) in [4.78, 5) is 0. The van der Waals surface area contributed by atoms with Crippen molar-refractivity contribution in [3.05, 3.63) is 28.2 Å². The molecule has 102 valence electrons. The average Bonchev–Trinajstić information content (AvgIpc) is 2.29. The van der Waals surface area contributed by atoms with Gasteiger partial charge in [0.25, 0.3) is 0 Å². The van der Waals surface area contributed by atoms with Gasteiger partial charge in [-0.05, 0) is 12.1 Å². The van der Waals surface area contributed by atoms with Crippen LogP contribution in [0.15, 0.2) is 16.6 Å². The van der Waals surface area contributed by atoms with Crippen LogP contribution < -0.4 is 10.1 Å². The molecule has 1 atom stereocenters. The summed E-state index contributed by atoms with van der Waals surface area (Å²) in [5, 5.41) is 12.6. The van der Waals surface area contributed by atoms with Crippen molar-refractivity contribution in [3.8, 4) is 5.75 Å². The lowest BCUT2D eigenvalue weighted by molar-refractivity contribution is 0.102. The molecular formula is C12H16BrF2NO2. The van der Waals surface area contributed by atoms with E-state index in [0.717, 1.165) is 6.07 Å². The van der Waals surface area contributed by atoms with E-state index in [2.05, 4.69) is 21.2 Å². The van der Waals surface area contributed by atoms with Crippen LogP contribution >= 0.6 is 15.9 Å². The lowest BCUT2D eigenvalue weighted by atomic mass is 10.3. The van der Waals surface area contributed by atoms with Crippen LogP contribution in [0.3, 0.4) is 0 Å². The zero-order chi connectivity index (χ0) is 13.7. The summed E-state index contributed by atoms with van der Waals surface area (Å²) < 4.78 is 31.8.